The number of carboxylic acid groups (broad SMARTS) is 1. The summed E-state index contributed by atoms with van der Waals surface area (Å²) in [6, 6.07) is 0. The predicted octanol–water partition coefficient (Wildman–Crippen LogP) is 0.292. The third-order valence-corrected chi connectivity index (χ3v) is 6.15. The summed E-state index contributed by atoms with van der Waals surface area (Å²) in [6.07, 6.45) is 1.91. The highest BCUT2D eigenvalue weighted by Crippen LogP contribution is 2.25. The highest BCUT2D eigenvalue weighted by atomic mass is 32.2. The van der Waals surface area contributed by atoms with Crippen LogP contribution in [0.5, 0.6) is 0 Å². The number of hydrogen-bond acceptors (Lipinski definition) is 4. The van der Waals surface area contributed by atoms with Gasteiger partial charge < -0.3 is 9.84 Å². The average molecular weight is 277 g/mol. The molecule has 0 bridgehead atoms. The molecule has 2 saturated heterocycles. The number of piperidine rings is 1. The minimum Gasteiger partial charge on any atom is -0.481 e. The summed E-state index contributed by atoms with van der Waals surface area (Å²) < 4.78 is 31.3. The van der Waals surface area contributed by atoms with Gasteiger partial charge >= 0.3 is 5.97 Å². The summed E-state index contributed by atoms with van der Waals surface area (Å²) >= 11 is 0. The number of ether oxygens (including phenoxy) is 1. The number of rotatable bonds is 3. The number of aliphatic carboxylic acids is 1. The van der Waals surface area contributed by atoms with E-state index in [1.165, 1.54) is 4.31 Å². The minimum atomic E-state index is -3.27. The molecule has 1 N–H and O–H groups in total. The zero-order valence-electron chi connectivity index (χ0n) is 10.2. The molecule has 0 aromatic carbocycles. The van der Waals surface area contributed by atoms with Gasteiger partial charge in [0, 0.05) is 26.3 Å². The van der Waals surface area contributed by atoms with Crippen molar-refractivity contribution >= 4 is 16.0 Å². The van der Waals surface area contributed by atoms with E-state index in [2.05, 4.69) is 0 Å². The Kier molecular flexibility index (Phi) is 4.24. The van der Waals surface area contributed by atoms with Gasteiger partial charge in [0.2, 0.25) is 10.0 Å². The number of sulfonamides is 1. The van der Waals surface area contributed by atoms with Crippen molar-refractivity contribution in [3.05, 3.63) is 0 Å². The first-order chi connectivity index (χ1) is 8.51. The third-order valence-electron chi connectivity index (χ3n) is 3.75. The van der Waals surface area contributed by atoms with Crippen molar-refractivity contribution in [2.24, 2.45) is 5.92 Å². The van der Waals surface area contributed by atoms with E-state index >= 15 is 0 Å². The molecule has 0 atom stereocenters. The topological polar surface area (TPSA) is 83.9 Å². The summed E-state index contributed by atoms with van der Waals surface area (Å²) in [5.41, 5.74) is 0. The molecule has 0 aliphatic carbocycles. The molecule has 2 aliphatic heterocycles. The van der Waals surface area contributed by atoms with Crippen LogP contribution in [0.25, 0.3) is 0 Å². The fourth-order valence-corrected chi connectivity index (χ4v) is 4.47. The van der Waals surface area contributed by atoms with Crippen molar-refractivity contribution in [2.45, 2.75) is 30.9 Å². The van der Waals surface area contributed by atoms with E-state index < -0.39 is 21.9 Å². The van der Waals surface area contributed by atoms with Crippen LogP contribution >= 0.6 is 0 Å². The van der Waals surface area contributed by atoms with E-state index in [0.29, 0.717) is 52.0 Å². The molecule has 2 fully saturated rings. The van der Waals surface area contributed by atoms with Crippen LogP contribution in [0, 0.1) is 5.92 Å². The summed E-state index contributed by atoms with van der Waals surface area (Å²) in [5.74, 6) is -1.22. The maximum Gasteiger partial charge on any atom is 0.306 e. The molecule has 0 aromatic heterocycles. The molecular weight excluding hydrogens is 258 g/mol. The smallest absolute Gasteiger partial charge is 0.306 e. The van der Waals surface area contributed by atoms with Gasteiger partial charge in [-0.1, -0.05) is 0 Å². The highest BCUT2D eigenvalue weighted by Gasteiger charge is 2.36. The lowest BCUT2D eigenvalue weighted by atomic mass is 9.99. The van der Waals surface area contributed by atoms with Crippen molar-refractivity contribution in [1.29, 1.82) is 0 Å². The number of carboxylic acids is 1. The first-order valence-electron chi connectivity index (χ1n) is 6.31. The van der Waals surface area contributed by atoms with Crippen molar-refractivity contribution < 1.29 is 23.1 Å². The summed E-state index contributed by atoms with van der Waals surface area (Å²) in [6.45, 7) is 1.65. The zero-order valence-corrected chi connectivity index (χ0v) is 11.1. The molecule has 7 heteroatoms. The first kappa shape index (κ1) is 13.8. The van der Waals surface area contributed by atoms with Gasteiger partial charge in [-0.2, -0.15) is 0 Å². The maximum absolute atomic E-state index is 12.3. The maximum atomic E-state index is 12.3. The van der Waals surface area contributed by atoms with Crippen LogP contribution in [0.4, 0.5) is 0 Å². The first-order valence-corrected chi connectivity index (χ1v) is 7.81. The Morgan fingerprint density at radius 3 is 2.17 bits per heavy atom. The molecule has 0 saturated carbocycles. The Hall–Kier alpha value is -0.660. The molecule has 2 rings (SSSR count). The van der Waals surface area contributed by atoms with Crippen LogP contribution in [0.2, 0.25) is 0 Å². The number of nitrogens with zero attached hydrogens (tertiary/aromatic N) is 1. The third kappa shape index (κ3) is 2.84. The van der Waals surface area contributed by atoms with Gasteiger partial charge in [0.15, 0.2) is 0 Å². The normalized spacial score (nSPS) is 25.1. The molecule has 18 heavy (non-hydrogen) atoms. The Bertz CT molecular complexity index is 394. The molecule has 0 amide bonds. The fraction of sp³-hybridized carbons (Fsp3) is 0.909. The van der Waals surface area contributed by atoms with Crippen LogP contribution in [0.1, 0.15) is 25.7 Å². The van der Waals surface area contributed by atoms with Gasteiger partial charge in [-0.25, -0.2) is 12.7 Å². The van der Waals surface area contributed by atoms with Gasteiger partial charge in [0.05, 0.1) is 11.2 Å². The second kappa shape index (κ2) is 5.54. The molecule has 2 aliphatic rings. The number of hydrogen-bond donors (Lipinski definition) is 1. The Morgan fingerprint density at radius 2 is 1.67 bits per heavy atom. The summed E-state index contributed by atoms with van der Waals surface area (Å²) in [7, 11) is -3.27. The predicted molar refractivity (Wildman–Crippen MR) is 64.7 cm³/mol. The Morgan fingerprint density at radius 1 is 1.11 bits per heavy atom. The number of carbonyl (C=O) groups is 1. The van der Waals surface area contributed by atoms with Gasteiger partial charge in [-0.15, -0.1) is 0 Å². The monoisotopic (exact) mass is 277 g/mol. The van der Waals surface area contributed by atoms with E-state index in [1.54, 1.807) is 0 Å². The zero-order chi connectivity index (χ0) is 13.2. The molecule has 0 aromatic rings. The molecule has 0 radical (unpaired) electrons. The summed E-state index contributed by atoms with van der Waals surface area (Å²) in [5, 5.41) is 8.54. The lowest BCUT2D eigenvalue weighted by molar-refractivity contribution is -0.142. The van der Waals surface area contributed by atoms with Crippen molar-refractivity contribution in [2.75, 3.05) is 26.3 Å². The minimum absolute atomic E-state index is 0.330. The lowest BCUT2D eigenvalue weighted by Gasteiger charge is -2.33. The van der Waals surface area contributed by atoms with E-state index in [-0.39, 0.29) is 5.25 Å². The van der Waals surface area contributed by atoms with Crippen LogP contribution in [-0.4, -0.2) is 55.4 Å². The van der Waals surface area contributed by atoms with Crippen LogP contribution < -0.4 is 0 Å². The van der Waals surface area contributed by atoms with E-state index in [0.717, 1.165) is 0 Å². The second-order valence-electron chi connectivity index (χ2n) is 4.87. The van der Waals surface area contributed by atoms with E-state index in [9.17, 15) is 13.2 Å². The second-order valence-corrected chi connectivity index (χ2v) is 7.08. The largest absolute Gasteiger partial charge is 0.481 e. The van der Waals surface area contributed by atoms with Gasteiger partial charge in [-0.05, 0) is 25.7 Å². The average Bonchev–Trinajstić information content (AvgIpc) is 2.40. The molecular formula is C11H19NO5S. The van der Waals surface area contributed by atoms with Gasteiger partial charge in [-0.3, -0.25) is 4.79 Å². The fourth-order valence-electron chi connectivity index (χ4n) is 2.54. The van der Waals surface area contributed by atoms with Crippen LogP contribution in [0.3, 0.4) is 0 Å². The van der Waals surface area contributed by atoms with Crippen molar-refractivity contribution in [3.8, 4) is 0 Å². The molecule has 6 nitrogen and oxygen atoms in total. The molecule has 104 valence electrons. The highest BCUT2D eigenvalue weighted by molar-refractivity contribution is 7.89. The Balaban J connectivity index is 1.97. The molecule has 2 heterocycles. The van der Waals surface area contributed by atoms with Crippen LogP contribution in [0.15, 0.2) is 0 Å². The lowest BCUT2D eigenvalue weighted by Crippen LogP contribution is -2.46. The molecule has 0 unspecified atom stereocenters. The van der Waals surface area contributed by atoms with Crippen LogP contribution in [-0.2, 0) is 19.6 Å². The summed E-state index contributed by atoms with van der Waals surface area (Å²) in [4.78, 5) is 10.8. The van der Waals surface area contributed by atoms with Crippen molar-refractivity contribution in [3.63, 3.8) is 0 Å². The van der Waals surface area contributed by atoms with Gasteiger partial charge in [0.1, 0.15) is 0 Å². The molecule has 0 spiro atoms. The quantitative estimate of drug-likeness (QED) is 0.801. The SMILES string of the molecule is O=C(O)C1CCN(S(=O)(=O)C2CCOCC2)CC1. The van der Waals surface area contributed by atoms with E-state index in [1.807, 2.05) is 0 Å². The Labute approximate surface area is 107 Å². The van der Waals surface area contributed by atoms with E-state index in [4.69, 9.17) is 9.84 Å². The van der Waals surface area contributed by atoms with Crippen molar-refractivity contribution in [1.82, 2.24) is 4.31 Å². The standard InChI is InChI=1S/C11H19NO5S/c13-11(14)9-1-5-12(6-2-9)18(15,16)10-3-7-17-8-4-10/h9-10H,1-8H2,(H,13,14). The van der Waals surface area contributed by atoms with Gasteiger partial charge in [0.25, 0.3) is 0 Å².